The Bertz CT molecular complexity index is 1340. The summed E-state index contributed by atoms with van der Waals surface area (Å²) in [6.07, 6.45) is 1.75. The highest BCUT2D eigenvalue weighted by Gasteiger charge is 2.33. The van der Waals surface area contributed by atoms with Crippen LogP contribution in [0.3, 0.4) is 0 Å². The molecule has 1 aliphatic heterocycles. The van der Waals surface area contributed by atoms with Crippen molar-refractivity contribution in [2.75, 3.05) is 30.5 Å². The third-order valence-electron chi connectivity index (χ3n) is 5.17. The van der Waals surface area contributed by atoms with Crippen molar-refractivity contribution in [2.24, 2.45) is 0 Å². The molecule has 1 saturated heterocycles. The van der Waals surface area contributed by atoms with Crippen molar-refractivity contribution >= 4 is 73.5 Å². The van der Waals surface area contributed by atoms with Crippen LogP contribution in [0.4, 0.5) is 11.4 Å². The first-order valence-corrected chi connectivity index (χ1v) is 13.3. The number of ether oxygens (including phenoxy) is 3. The molecule has 7 nitrogen and oxygen atoms in total. The smallest absolute Gasteiger partial charge is 0.270 e. The van der Waals surface area contributed by atoms with Crippen LogP contribution in [0.1, 0.15) is 12.5 Å². The zero-order valence-corrected chi connectivity index (χ0v) is 23.2. The molecule has 0 atom stereocenters. The molecule has 0 radical (unpaired) electrons. The van der Waals surface area contributed by atoms with Crippen molar-refractivity contribution < 1.29 is 23.8 Å². The van der Waals surface area contributed by atoms with E-state index in [1.165, 1.54) is 23.8 Å². The van der Waals surface area contributed by atoms with Crippen molar-refractivity contribution in [2.45, 2.75) is 6.92 Å². The lowest BCUT2D eigenvalue weighted by Crippen LogP contribution is -2.27. The van der Waals surface area contributed by atoms with E-state index in [-0.39, 0.29) is 18.4 Å². The Morgan fingerprint density at radius 2 is 1.78 bits per heavy atom. The summed E-state index contributed by atoms with van der Waals surface area (Å²) in [6, 6.07) is 19.7. The minimum absolute atomic E-state index is 0.188. The second kappa shape index (κ2) is 12.3. The molecule has 0 aromatic heterocycles. The number of thiocarbonyl (C=S) groups is 1. The Labute approximate surface area is 232 Å². The molecule has 0 aliphatic carbocycles. The molecule has 2 amide bonds. The lowest BCUT2D eigenvalue weighted by molar-refractivity contribution is -0.118. The zero-order chi connectivity index (χ0) is 26.4. The normalized spacial score (nSPS) is 14.1. The van der Waals surface area contributed by atoms with Gasteiger partial charge in [0.2, 0.25) is 0 Å². The topological polar surface area (TPSA) is 77.1 Å². The molecule has 3 aromatic carbocycles. The number of nitrogens with zero attached hydrogens (tertiary/aromatic N) is 1. The Morgan fingerprint density at radius 1 is 1.05 bits per heavy atom. The van der Waals surface area contributed by atoms with Crippen molar-refractivity contribution in [3.8, 4) is 17.2 Å². The van der Waals surface area contributed by atoms with Crippen LogP contribution in [-0.4, -0.2) is 36.5 Å². The summed E-state index contributed by atoms with van der Waals surface area (Å²) in [4.78, 5) is 27.4. The van der Waals surface area contributed by atoms with Gasteiger partial charge in [-0.25, -0.2) is 0 Å². The van der Waals surface area contributed by atoms with Gasteiger partial charge in [-0.15, -0.1) is 0 Å². The Morgan fingerprint density at radius 3 is 2.46 bits per heavy atom. The summed E-state index contributed by atoms with van der Waals surface area (Å²) in [5.74, 6) is 1.07. The molecular weight excluding hydrogens is 576 g/mol. The van der Waals surface area contributed by atoms with Gasteiger partial charge in [0.05, 0.1) is 24.3 Å². The maximum Gasteiger partial charge on any atom is 0.270 e. The fourth-order valence-corrected chi connectivity index (χ4v) is 5.03. The maximum atomic E-state index is 13.1. The maximum absolute atomic E-state index is 13.1. The number of amides is 2. The summed E-state index contributed by atoms with van der Waals surface area (Å²) < 4.78 is 18.0. The summed E-state index contributed by atoms with van der Waals surface area (Å²) in [6.45, 7) is 2.29. The number of rotatable bonds is 9. The molecule has 0 spiro atoms. The SMILES string of the molecule is CCOc1ccc(N2C(=O)/C(=C/c3ccc(OCC(=O)Nc4ccc(Br)cc4)c(OC)c3)SC2=S)cc1. The van der Waals surface area contributed by atoms with E-state index in [1.54, 1.807) is 48.5 Å². The second-order valence-corrected chi connectivity index (χ2v) is 10.3. The summed E-state index contributed by atoms with van der Waals surface area (Å²) in [5.41, 5.74) is 2.08. The van der Waals surface area contributed by atoms with Crippen LogP contribution in [0.5, 0.6) is 17.2 Å². The second-order valence-electron chi connectivity index (χ2n) is 7.70. The first-order chi connectivity index (χ1) is 17.9. The van der Waals surface area contributed by atoms with Crippen LogP contribution in [-0.2, 0) is 9.59 Å². The minimum atomic E-state index is -0.300. The van der Waals surface area contributed by atoms with Crippen molar-refractivity contribution in [1.82, 2.24) is 0 Å². The van der Waals surface area contributed by atoms with Crippen LogP contribution in [0.2, 0.25) is 0 Å². The number of nitrogens with one attached hydrogen (secondary N) is 1. The minimum Gasteiger partial charge on any atom is -0.494 e. The number of hydrogen-bond donors (Lipinski definition) is 1. The Hall–Kier alpha value is -3.34. The molecule has 0 bridgehead atoms. The summed E-state index contributed by atoms with van der Waals surface area (Å²) >= 11 is 10.1. The third kappa shape index (κ3) is 6.71. The van der Waals surface area contributed by atoms with Gasteiger partial charge in [-0.3, -0.25) is 14.5 Å². The lowest BCUT2D eigenvalue weighted by Gasteiger charge is -2.15. The van der Waals surface area contributed by atoms with Gasteiger partial charge in [-0.1, -0.05) is 46.0 Å². The van der Waals surface area contributed by atoms with Crippen molar-refractivity contribution in [1.29, 1.82) is 0 Å². The zero-order valence-electron chi connectivity index (χ0n) is 20.0. The fraction of sp³-hybridized carbons (Fsp3) is 0.148. The van der Waals surface area contributed by atoms with E-state index in [9.17, 15) is 9.59 Å². The highest BCUT2D eigenvalue weighted by molar-refractivity contribution is 9.10. The molecule has 190 valence electrons. The van der Waals surface area contributed by atoms with Crippen molar-refractivity contribution in [3.05, 3.63) is 81.7 Å². The molecule has 1 fully saturated rings. The number of carbonyl (C=O) groups is 2. The molecule has 10 heteroatoms. The van der Waals surface area contributed by atoms with E-state index in [0.29, 0.717) is 38.7 Å². The average Bonchev–Trinajstić information content (AvgIpc) is 3.17. The highest BCUT2D eigenvalue weighted by atomic mass is 79.9. The van der Waals surface area contributed by atoms with Crippen LogP contribution < -0.4 is 24.4 Å². The number of anilines is 2. The largest absolute Gasteiger partial charge is 0.494 e. The average molecular weight is 600 g/mol. The van der Waals surface area contributed by atoms with Crippen LogP contribution in [0.25, 0.3) is 6.08 Å². The fourth-order valence-electron chi connectivity index (χ4n) is 3.47. The van der Waals surface area contributed by atoms with Gasteiger partial charge < -0.3 is 19.5 Å². The van der Waals surface area contributed by atoms with E-state index in [2.05, 4.69) is 21.2 Å². The van der Waals surface area contributed by atoms with Crippen molar-refractivity contribution in [3.63, 3.8) is 0 Å². The molecular formula is C27H23BrN2O5S2. The predicted octanol–water partition coefficient (Wildman–Crippen LogP) is 6.28. The number of thioether (sulfide) groups is 1. The molecule has 0 saturated carbocycles. The molecule has 4 rings (SSSR count). The van der Waals surface area contributed by atoms with Gasteiger partial charge in [-0.2, -0.15) is 0 Å². The van der Waals surface area contributed by atoms with E-state index < -0.39 is 0 Å². The highest BCUT2D eigenvalue weighted by Crippen LogP contribution is 2.37. The number of methoxy groups -OCH3 is 1. The van der Waals surface area contributed by atoms with Crippen LogP contribution in [0, 0.1) is 0 Å². The number of carbonyl (C=O) groups excluding carboxylic acids is 2. The Balaban J connectivity index is 1.43. The van der Waals surface area contributed by atoms with Gasteiger partial charge in [0.15, 0.2) is 22.4 Å². The predicted molar refractivity (Wildman–Crippen MR) is 155 cm³/mol. The van der Waals surface area contributed by atoms with Crippen LogP contribution in [0.15, 0.2) is 76.1 Å². The standard InChI is InChI=1S/C27H23BrN2O5S2/c1-3-34-21-11-9-20(10-12-21)30-26(32)24(37-27(30)36)15-17-4-13-22(23(14-17)33-2)35-16-25(31)29-19-7-5-18(28)6-8-19/h4-15H,3,16H2,1-2H3,(H,29,31)/b24-15-. The van der Waals surface area contributed by atoms with Crippen LogP contribution >= 0.6 is 39.9 Å². The molecule has 37 heavy (non-hydrogen) atoms. The van der Waals surface area contributed by atoms with Gasteiger partial charge in [0.25, 0.3) is 11.8 Å². The van der Waals surface area contributed by atoms with Gasteiger partial charge >= 0.3 is 0 Å². The number of halogens is 1. The number of benzene rings is 3. The lowest BCUT2D eigenvalue weighted by atomic mass is 10.1. The van der Waals surface area contributed by atoms with E-state index >= 15 is 0 Å². The molecule has 3 aromatic rings. The summed E-state index contributed by atoms with van der Waals surface area (Å²) in [7, 11) is 1.51. The van der Waals surface area contributed by atoms with Gasteiger partial charge in [0.1, 0.15) is 5.75 Å². The molecule has 1 N–H and O–H groups in total. The molecule has 1 aliphatic rings. The van der Waals surface area contributed by atoms with E-state index in [4.69, 9.17) is 26.4 Å². The van der Waals surface area contributed by atoms with Gasteiger partial charge in [-0.05, 0) is 79.2 Å². The first kappa shape index (κ1) is 26.7. The van der Waals surface area contributed by atoms with E-state index in [0.717, 1.165) is 15.8 Å². The molecule has 1 heterocycles. The Kier molecular flexibility index (Phi) is 8.86. The van der Waals surface area contributed by atoms with Gasteiger partial charge in [0, 0.05) is 10.2 Å². The number of hydrogen-bond acceptors (Lipinski definition) is 7. The van der Waals surface area contributed by atoms with E-state index in [1.807, 2.05) is 31.2 Å². The molecule has 0 unspecified atom stereocenters. The monoisotopic (exact) mass is 598 g/mol. The summed E-state index contributed by atoms with van der Waals surface area (Å²) in [5, 5.41) is 2.77. The first-order valence-electron chi connectivity index (χ1n) is 11.2. The quantitative estimate of drug-likeness (QED) is 0.229. The third-order valence-corrected chi connectivity index (χ3v) is 7.00.